The number of fused-ring (bicyclic) bond motifs is 1. The number of likely N-dealkylation sites (tertiary alicyclic amines) is 1. The summed E-state index contributed by atoms with van der Waals surface area (Å²) in [6, 6.07) is 10.8. The summed E-state index contributed by atoms with van der Waals surface area (Å²) >= 11 is 6.10. The van der Waals surface area contributed by atoms with Crippen LogP contribution in [0, 0.1) is 12.8 Å². The van der Waals surface area contributed by atoms with E-state index in [1.165, 1.54) is 24.0 Å². The Morgan fingerprint density at radius 3 is 2.77 bits per heavy atom. The fourth-order valence-electron chi connectivity index (χ4n) is 4.75. The largest absolute Gasteiger partial charge is 0.387 e. The summed E-state index contributed by atoms with van der Waals surface area (Å²) in [5.41, 5.74) is 4.89. The zero-order valence-electron chi connectivity index (χ0n) is 15.4. The van der Waals surface area contributed by atoms with Crippen LogP contribution in [0.2, 0.25) is 5.02 Å². The van der Waals surface area contributed by atoms with E-state index >= 15 is 0 Å². The first kappa shape index (κ1) is 18.0. The average molecular weight is 371 g/mol. The number of aliphatic hydroxyl groups is 1. The second kappa shape index (κ2) is 7.67. The van der Waals surface area contributed by atoms with Crippen molar-refractivity contribution in [1.82, 2.24) is 9.88 Å². The SMILES string of the molecule is Cc1ccccc1C1CCN(C[C@@H]2Cc3cc(Cl)cnc3[C@@H](O)C2)CC1. The highest BCUT2D eigenvalue weighted by atomic mass is 35.5. The van der Waals surface area contributed by atoms with Crippen LogP contribution in [0.25, 0.3) is 0 Å². The zero-order chi connectivity index (χ0) is 18.1. The number of hydrogen-bond acceptors (Lipinski definition) is 3. The Morgan fingerprint density at radius 2 is 2.00 bits per heavy atom. The van der Waals surface area contributed by atoms with Gasteiger partial charge in [-0.15, -0.1) is 0 Å². The van der Waals surface area contributed by atoms with Crippen LogP contribution in [0.15, 0.2) is 36.5 Å². The lowest BCUT2D eigenvalue weighted by atomic mass is 9.83. The molecule has 0 unspecified atom stereocenters. The van der Waals surface area contributed by atoms with Gasteiger partial charge < -0.3 is 10.0 Å². The van der Waals surface area contributed by atoms with E-state index in [4.69, 9.17) is 11.6 Å². The van der Waals surface area contributed by atoms with Crippen LogP contribution in [-0.2, 0) is 6.42 Å². The van der Waals surface area contributed by atoms with Crippen LogP contribution < -0.4 is 0 Å². The van der Waals surface area contributed by atoms with Gasteiger partial charge in [0.05, 0.1) is 16.8 Å². The quantitative estimate of drug-likeness (QED) is 0.862. The van der Waals surface area contributed by atoms with E-state index in [1.807, 2.05) is 6.07 Å². The summed E-state index contributed by atoms with van der Waals surface area (Å²) in [6.07, 6.45) is 5.41. The standard InChI is InChI=1S/C22H27ClN2O/c1-15-4-2-3-5-20(15)17-6-8-25(9-7-17)14-16-10-18-12-19(23)13-24-22(18)21(26)11-16/h2-5,12-13,16-17,21,26H,6-11,14H2,1H3/t16-,21+/m1/s1. The Balaban J connectivity index is 1.36. The molecule has 1 fully saturated rings. The van der Waals surface area contributed by atoms with Crippen LogP contribution in [0.4, 0.5) is 0 Å². The van der Waals surface area contributed by atoms with Gasteiger partial charge in [-0.2, -0.15) is 0 Å². The number of aliphatic hydroxyl groups excluding tert-OH is 1. The van der Waals surface area contributed by atoms with Gasteiger partial charge in [0.15, 0.2) is 0 Å². The molecular formula is C22H27ClN2O. The molecule has 26 heavy (non-hydrogen) atoms. The summed E-state index contributed by atoms with van der Waals surface area (Å²) in [4.78, 5) is 6.92. The van der Waals surface area contributed by atoms with Gasteiger partial charge in [-0.1, -0.05) is 35.9 Å². The molecule has 2 atom stereocenters. The van der Waals surface area contributed by atoms with Crippen molar-refractivity contribution in [2.45, 2.75) is 44.6 Å². The van der Waals surface area contributed by atoms with Crippen LogP contribution in [0.5, 0.6) is 0 Å². The van der Waals surface area contributed by atoms with E-state index in [9.17, 15) is 5.11 Å². The number of nitrogens with zero attached hydrogens (tertiary/aromatic N) is 2. The third-order valence-electron chi connectivity index (χ3n) is 6.08. The lowest BCUT2D eigenvalue weighted by Gasteiger charge is -2.37. The third kappa shape index (κ3) is 3.80. The van der Waals surface area contributed by atoms with Crippen molar-refractivity contribution in [2.75, 3.05) is 19.6 Å². The highest BCUT2D eigenvalue weighted by Gasteiger charge is 2.30. The highest BCUT2D eigenvalue weighted by molar-refractivity contribution is 6.30. The predicted molar refractivity (Wildman–Crippen MR) is 106 cm³/mol. The van der Waals surface area contributed by atoms with Crippen LogP contribution in [0.1, 0.15) is 53.7 Å². The van der Waals surface area contributed by atoms with Gasteiger partial charge in [-0.3, -0.25) is 4.98 Å². The van der Waals surface area contributed by atoms with Crippen molar-refractivity contribution in [1.29, 1.82) is 0 Å². The number of pyridine rings is 1. The van der Waals surface area contributed by atoms with Gasteiger partial charge in [0.1, 0.15) is 0 Å². The average Bonchev–Trinajstić information content (AvgIpc) is 2.62. The van der Waals surface area contributed by atoms with Gasteiger partial charge in [-0.25, -0.2) is 0 Å². The molecule has 1 aliphatic carbocycles. The maximum atomic E-state index is 10.4. The Hall–Kier alpha value is -1.42. The summed E-state index contributed by atoms with van der Waals surface area (Å²) in [7, 11) is 0. The minimum atomic E-state index is -0.453. The summed E-state index contributed by atoms with van der Waals surface area (Å²) < 4.78 is 0. The van der Waals surface area contributed by atoms with Crippen LogP contribution in [0.3, 0.4) is 0 Å². The molecule has 0 bridgehead atoms. The van der Waals surface area contributed by atoms with Crippen LogP contribution in [-0.4, -0.2) is 34.6 Å². The first-order valence-electron chi connectivity index (χ1n) is 9.70. The second-order valence-corrected chi connectivity index (χ2v) is 8.39. The third-order valence-corrected chi connectivity index (χ3v) is 6.29. The van der Waals surface area contributed by atoms with Gasteiger partial charge >= 0.3 is 0 Å². The number of hydrogen-bond donors (Lipinski definition) is 1. The maximum Gasteiger partial charge on any atom is 0.0965 e. The number of piperidine rings is 1. The normalized spacial score (nSPS) is 24.4. The van der Waals surface area contributed by atoms with Crippen LogP contribution >= 0.6 is 11.6 Å². The number of halogens is 1. The number of aromatic nitrogens is 1. The Morgan fingerprint density at radius 1 is 1.23 bits per heavy atom. The second-order valence-electron chi connectivity index (χ2n) is 7.95. The minimum Gasteiger partial charge on any atom is -0.387 e. The molecule has 0 radical (unpaired) electrons. The molecule has 0 spiro atoms. The van der Waals surface area contributed by atoms with E-state index in [0.717, 1.165) is 43.7 Å². The van der Waals surface area contributed by atoms with Gasteiger partial charge in [-0.05, 0) is 80.3 Å². The van der Waals surface area contributed by atoms with Crippen molar-refractivity contribution < 1.29 is 5.11 Å². The molecule has 138 valence electrons. The molecule has 4 heteroatoms. The molecule has 1 aliphatic heterocycles. The summed E-state index contributed by atoms with van der Waals surface area (Å²) in [6.45, 7) is 5.57. The number of aryl methyl sites for hydroxylation is 1. The fraction of sp³-hybridized carbons (Fsp3) is 0.500. The zero-order valence-corrected chi connectivity index (χ0v) is 16.1. The minimum absolute atomic E-state index is 0.453. The molecule has 1 aromatic carbocycles. The molecule has 4 rings (SSSR count). The van der Waals surface area contributed by atoms with Gasteiger partial charge in [0, 0.05) is 12.7 Å². The highest BCUT2D eigenvalue weighted by Crippen LogP contribution is 2.35. The smallest absolute Gasteiger partial charge is 0.0965 e. The molecule has 3 nitrogen and oxygen atoms in total. The molecule has 0 amide bonds. The van der Waals surface area contributed by atoms with E-state index < -0.39 is 6.10 Å². The monoisotopic (exact) mass is 370 g/mol. The van der Waals surface area contributed by atoms with Crippen molar-refractivity contribution in [3.05, 3.63) is 63.9 Å². The van der Waals surface area contributed by atoms with Crippen molar-refractivity contribution in [2.24, 2.45) is 5.92 Å². The summed E-state index contributed by atoms with van der Waals surface area (Å²) in [5.74, 6) is 1.17. The Bertz CT molecular complexity index is 770. The first-order valence-corrected chi connectivity index (χ1v) is 10.1. The fourth-order valence-corrected chi connectivity index (χ4v) is 4.93. The molecule has 0 saturated carbocycles. The van der Waals surface area contributed by atoms with Gasteiger partial charge in [0.2, 0.25) is 0 Å². The van der Waals surface area contributed by atoms with Crippen molar-refractivity contribution in [3.63, 3.8) is 0 Å². The van der Waals surface area contributed by atoms with E-state index in [2.05, 4.69) is 41.1 Å². The van der Waals surface area contributed by atoms with Crippen molar-refractivity contribution in [3.8, 4) is 0 Å². The lowest BCUT2D eigenvalue weighted by Crippen LogP contribution is -2.38. The van der Waals surface area contributed by atoms with E-state index in [0.29, 0.717) is 16.9 Å². The topological polar surface area (TPSA) is 36.4 Å². The predicted octanol–water partition coefficient (Wildman–Crippen LogP) is 4.52. The molecule has 1 aromatic heterocycles. The number of rotatable bonds is 3. The first-order chi connectivity index (χ1) is 12.6. The van der Waals surface area contributed by atoms with Gasteiger partial charge in [0.25, 0.3) is 0 Å². The molecule has 2 aliphatic rings. The Kier molecular flexibility index (Phi) is 5.30. The van der Waals surface area contributed by atoms with Crippen molar-refractivity contribution >= 4 is 11.6 Å². The molecular weight excluding hydrogens is 344 g/mol. The summed E-state index contributed by atoms with van der Waals surface area (Å²) in [5, 5.41) is 11.1. The number of benzene rings is 1. The Labute approximate surface area is 161 Å². The lowest BCUT2D eigenvalue weighted by molar-refractivity contribution is 0.101. The molecule has 1 saturated heterocycles. The maximum absolute atomic E-state index is 10.4. The molecule has 1 N–H and O–H groups in total. The molecule has 2 heterocycles. The molecule has 2 aromatic rings. The van der Waals surface area contributed by atoms with E-state index in [-0.39, 0.29) is 0 Å². The van der Waals surface area contributed by atoms with E-state index in [1.54, 1.807) is 6.20 Å².